The molecule has 1 heterocycles. The number of aliphatic hydroxyl groups excluding tert-OH is 1. The van der Waals surface area contributed by atoms with Crippen molar-refractivity contribution in [1.82, 2.24) is 9.71 Å². The zero-order valence-electron chi connectivity index (χ0n) is 10.8. The van der Waals surface area contributed by atoms with Crippen LogP contribution in [-0.2, 0) is 10.0 Å². The molecule has 18 heavy (non-hydrogen) atoms. The van der Waals surface area contributed by atoms with Gasteiger partial charge in [0.25, 0.3) is 0 Å². The number of nitrogens with zero attached hydrogens (tertiary/aromatic N) is 1. The number of pyridine rings is 1. The Hall–Kier alpha value is -0.980. The van der Waals surface area contributed by atoms with E-state index in [1.54, 1.807) is 6.07 Å². The van der Waals surface area contributed by atoms with Crippen LogP contribution in [0.15, 0.2) is 29.4 Å². The number of aliphatic hydroxyl groups is 1. The zero-order valence-corrected chi connectivity index (χ0v) is 11.6. The third-order valence-corrected chi connectivity index (χ3v) is 4.14. The molecule has 0 saturated carbocycles. The van der Waals surface area contributed by atoms with Crippen LogP contribution in [0.2, 0.25) is 0 Å². The van der Waals surface area contributed by atoms with E-state index >= 15 is 0 Å². The summed E-state index contributed by atoms with van der Waals surface area (Å²) < 4.78 is 26.2. The molecule has 0 aromatic carbocycles. The Bertz CT molecular complexity index is 457. The first-order valence-corrected chi connectivity index (χ1v) is 7.36. The number of hydrogen-bond donors (Lipinski definition) is 2. The summed E-state index contributed by atoms with van der Waals surface area (Å²) in [5.74, 6) is 0. The monoisotopic (exact) mass is 272 g/mol. The standard InChI is InChI=1S/C12H20N2O3S/c1-12(2,10-15)6-4-8-14-18(16,17)11-5-3-7-13-9-11/h3,5,7,9,14-15H,4,6,8,10H2,1-2H3. The first-order chi connectivity index (χ1) is 8.37. The van der Waals surface area contributed by atoms with Crippen LogP contribution < -0.4 is 4.72 Å². The van der Waals surface area contributed by atoms with Crippen LogP contribution in [0.3, 0.4) is 0 Å². The summed E-state index contributed by atoms with van der Waals surface area (Å²) in [6.07, 6.45) is 4.30. The Labute approximate surface area is 108 Å². The average molecular weight is 272 g/mol. The van der Waals surface area contributed by atoms with Crippen molar-refractivity contribution < 1.29 is 13.5 Å². The lowest BCUT2D eigenvalue weighted by atomic mass is 9.89. The third-order valence-electron chi connectivity index (χ3n) is 2.70. The highest BCUT2D eigenvalue weighted by molar-refractivity contribution is 7.89. The number of nitrogens with one attached hydrogen (secondary N) is 1. The molecule has 0 amide bonds. The van der Waals surface area contributed by atoms with Gasteiger partial charge in [0, 0.05) is 25.5 Å². The van der Waals surface area contributed by atoms with Crippen molar-refractivity contribution in [3.05, 3.63) is 24.5 Å². The van der Waals surface area contributed by atoms with Crippen molar-refractivity contribution in [1.29, 1.82) is 0 Å². The first kappa shape index (κ1) is 15.1. The van der Waals surface area contributed by atoms with Crippen LogP contribution in [0.25, 0.3) is 0 Å². The Balaban J connectivity index is 2.45. The number of hydrogen-bond acceptors (Lipinski definition) is 4. The van der Waals surface area contributed by atoms with E-state index in [4.69, 9.17) is 5.11 Å². The lowest BCUT2D eigenvalue weighted by Gasteiger charge is -2.21. The van der Waals surface area contributed by atoms with Gasteiger partial charge in [-0.1, -0.05) is 13.8 Å². The molecular weight excluding hydrogens is 252 g/mol. The van der Waals surface area contributed by atoms with Crippen molar-refractivity contribution in [2.75, 3.05) is 13.2 Å². The van der Waals surface area contributed by atoms with Crippen LogP contribution in [0.1, 0.15) is 26.7 Å². The minimum Gasteiger partial charge on any atom is -0.396 e. The third kappa shape index (κ3) is 4.72. The van der Waals surface area contributed by atoms with E-state index in [1.807, 2.05) is 13.8 Å². The van der Waals surface area contributed by atoms with Crippen LogP contribution in [0, 0.1) is 5.41 Å². The smallest absolute Gasteiger partial charge is 0.242 e. The van der Waals surface area contributed by atoms with Crippen molar-refractivity contribution in [3.8, 4) is 0 Å². The maximum atomic E-state index is 11.8. The highest BCUT2D eigenvalue weighted by Gasteiger charge is 2.17. The lowest BCUT2D eigenvalue weighted by molar-refractivity contribution is 0.148. The highest BCUT2D eigenvalue weighted by Crippen LogP contribution is 2.20. The number of sulfonamides is 1. The second-order valence-corrected chi connectivity index (χ2v) is 6.78. The van der Waals surface area contributed by atoms with E-state index < -0.39 is 10.0 Å². The molecule has 1 aromatic heterocycles. The molecule has 0 unspecified atom stereocenters. The van der Waals surface area contributed by atoms with E-state index in [0.717, 1.165) is 6.42 Å². The Kier molecular flexibility index (Phi) is 5.25. The topological polar surface area (TPSA) is 79.3 Å². The zero-order chi connectivity index (χ0) is 13.6. The van der Waals surface area contributed by atoms with E-state index in [9.17, 15) is 8.42 Å². The maximum absolute atomic E-state index is 11.8. The molecule has 6 heteroatoms. The second kappa shape index (κ2) is 6.26. The van der Waals surface area contributed by atoms with Gasteiger partial charge in [0.05, 0.1) is 0 Å². The molecule has 102 valence electrons. The summed E-state index contributed by atoms with van der Waals surface area (Å²) in [5.41, 5.74) is -0.167. The highest BCUT2D eigenvalue weighted by atomic mass is 32.2. The molecule has 0 fully saturated rings. The molecule has 1 rings (SSSR count). The predicted molar refractivity (Wildman–Crippen MR) is 69.5 cm³/mol. The van der Waals surface area contributed by atoms with Crippen molar-refractivity contribution in [2.24, 2.45) is 5.41 Å². The Morgan fingerprint density at radius 3 is 2.72 bits per heavy atom. The fourth-order valence-corrected chi connectivity index (χ4v) is 2.48. The largest absolute Gasteiger partial charge is 0.396 e. The van der Waals surface area contributed by atoms with Gasteiger partial charge in [0.1, 0.15) is 4.90 Å². The molecule has 0 radical (unpaired) electrons. The molecule has 0 spiro atoms. The molecule has 2 N–H and O–H groups in total. The molecule has 0 saturated heterocycles. The summed E-state index contributed by atoms with van der Waals surface area (Å²) in [5, 5.41) is 9.08. The maximum Gasteiger partial charge on any atom is 0.242 e. The molecule has 1 aromatic rings. The van der Waals surface area contributed by atoms with E-state index in [-0.39, 0.29) is 16.9 Å². The predicted octanol–water partition coefficient (Wildman–Crippen LogP) is 1.16. The minimum absolute atomic E-state index is 0.0996. The molecule has 5 nitrogen and oxygen atoms in total. The van der Waals surface area contributed by atoms with Gasteiger partial charge in [-0.05, 0) is 30.4 Å². The number of aromatic nitrogens is 1. The quantitative estimate of drug-likeness (QED) is 0.730. The fraction of sp³-hybridized carbons (Fsp3) is 0.583. The molecule has 0 aliphatic heterocycles. The summed E-state index contributed by atoms with van der Waals surface area (Å²) in [4.78, 5) is 3.95. The molecule has 0 aliphatic rings. The van der Waals surface area contributed by atoms with Gasteiger partial charge in [-0.3, -0.25) is 4.98 Å². The summed E-state index contributed by atoms with van der Waals surface area (Å²) in [7, 11) is -3.46. The Morgan fingerprint density at radius 2 is 2.17 bits per heavy atom. The van der Waals surface area contributed by atoms with Crippen molar-refractivity contribution >= 4 is 10.0 Å². The van der Waals surface area contributed by atoms with Crippen LogP contribution in [0.5, 0.6) is 0 Å². The molecular formula is C12H20N2O3S. The summed E-state index contributed by atoms with van der Waals surface area (Å²) in [6.45, 7) is 4.36. The number of rotatable bonds is 7. The minimum atomic E-state index is -3.46. The van der Waals surface area contributed by atoms with Crippen LogP contribution >= 0.6 is 0 Å². The van der Waals surface area contributed by atoms with Gasteiger partial charge in [-0.2, -0.15) is 0 Å². The lowest BCUT2D eigenvalue weighted by Crippen LogP contribution is -2.26. The van der Waals surface area contributed by atoms with Gasteiger partial charge in [0.2, 0.25) is 10.0 Å². The summed E-state index contributed by atoms with van der Waals surface area (Å²) in [6, 6.07) is 3.09. The SMILES string of the molecule is CC(C)(CO)CCCNS(=O)(=O)c1cccnc1. The van der Waals surface area contributed by atoms with Gasteiger partial charge >= 0.3 is 0 Å². The first-order valence-electron chi connectivity index (χ1n) is 5.88. The normalized spacial score (nSPS) is 12.6. The van der Waals surface area contributed by atoms with E-state index in [0.29, 0.717) is 13.0 Å². The van der Waals surface area contributed by atoms with Crippen LogP contribution in [0.4, 0.5) is 0 Å². The molecule has 0 atom stereocenters. The van der Waals surface area contributed by atoms with E-state index in [2.05, 4.69) is 9.71 Å². The van der Waals surface area contributed by atoms with Crippen molar-refractivity contribution in [2.45, 2.75) is 31.6 Å². The Morgan fingerprint density at radius 1 is 1.44 bits per heavy atom. The molecule has 0 bridgehead atoms. The average Bonchev–Trinajstić information content (AvgIpc) is 2.36. The summed E-state index contributed by atoms with van der Waals surface area (Å²) >= 11 is 0. The van der Waals surface area contributed by atoms with Crippen LogP contribution in [-0.4, -0.2) is 31.7 Å². The molecule has 0 aliphatic carbocycles. The van der Waals surface area contributed by atoms with Crippen molar-refractivity contribution in [3.63, 3.8) is 0 Å². The van der Waals surface area contributed by atoms with Gasteiger partial charge in [-0.25, -0.2) is 13.1 Å². The fourth-order valence-electron chi connectivity index (χ4n) is 1.44. The van der Waals surface area contributed by atoms with Gasteiger partial charge in [0.15, 0.2) is 0 Å². The second-order valence-electron chi connectivity index (χ2n) is 5.01. The van der Waals surface area contributed by atoms with E-state index in [1.165, 1.54) is 18.5 Å². The van der Waals surface area contributed by atoms with Gasteiger partial charge in [-0.15, -0.1) is 0 Å². The van der Waals surface area contributed by atoms with Gasteiger partial charge < -0.3 is 5.11 Å².